The third kappa shape index (κ3) is 3.52. The van der Waals surface area contributed by atoms with E-state index >= 15 is 0 Å². The molecule has 0 bridgehead atoms. The number of nitrogens with zero attached hydrogens (tertiary/aromatic N) is 3. The van der Waals surface area contributed by atoms with Gasteiger partial charge in [0.05, 0.1) is 5.01 Å². The minimum atomic E-state index is -0.101. The number of benzene rings is 1. The fraction of sp³-hybridized carbons (Fsp3) is 0.211. The first-order valence-electron chi connectivity index (χ1n) is 8.18. The Morgan fingerprint density at radius 2 is 2.04 bits per heavy atom. The van der Waals surface area contributed by atoms with E-state index < -0.39 is 0 Å². The van der Waals surface area contributed by atoms with Gasteiger partial charge in [-0.05, 0) is 36.2 Å². The third-order valence-corrected chi connectivity index (χ3v) is 4.81. The minimum absolute atomic E-state index is 0.101. The van der Waals surface area contributed by atoms with Gasteiger partial charge in [0.2, 0.25) is 6.79 Å². The molecule has 1 aromatic carbocycles. The van der Waals surface area contributed by atoms with Gasteiger partial charge in [-0.15, -0.1) is 11.3 Å². The number of hydrogen-bond acceptors (Lipinski definition) is 6. The highest BCUT2D eigenvalue weighted by atomic mass is 32.1. The van der Waals surface area contributed by atoms with Crippen LogP contribution in [0.5, 0.6) is 11.5 Å². The summed E-state index contributed by atoms with van der Waals surface area (Å²) in [5.74, 6) is 1.34. The molecule has 1 aliphatic rings. The first kappa shape index (κ1) is 16.5. The molecule has 3 aromatic rings. The molecule has 0 N–H and O–H groups in total. The maximum absolute atomic E-state index is 13.0. The maximum atomic E-state index is 13.0. The summed E-state index contributed by atoms with van der Waals surface area (Å²) in [6.45, 7) is 3.03. The summed E-state index contributed by atoms with van der Waals surface area (Å²) >= 11 is 1.47. The summed E-state index contributed by atoms with van der Waals surface area (Å²) in [6.07, 6.45) is 3.49. The van der Waals surface area contributed by atoms with Gasteiger partial charge in [0.15, 0.2) is 11.5 Å². The first-order valence-corrected chi connectivity index (χ1v) is 9.06. The van der Waals surface area contributed by atoms with E-state index in [1.54, 1.807) is 22.7 Å². The molecular weight excluding hydrogens is 350 g/mol. The van der Waals surface area contributed by atoms with Gasteiger partial charge in [-0.3, -0.25) is 9.78 Å². The van der Waals surface area contributed by atoms with Crippen LogP contribution < -0.4 is 9.47 Å². The standard InChI is InChI=1S/C19H17N3O3S/c1-13-21-16(11-26-13)19(23)22(10-15-3-2-6-20-8-15)9-14-4-5-17-18(7-14)25-12-24-17/h2-8,11H,9-10,12H2,1H3. The summed E-state index contributed by atoms with van der Waals surface area (Å²) in [5, 5.41) is 2.67. The fourth-order valence-corrected chi connectivity index (χ4v) is 3.38. The molecule has 0 saturated heterocycles. The lowest BCUT2D eigenvalue weighted by Gasteiger charge is -2.22. The monoisotopic (exact) mass is 367 g/mol. The van der Waals surface area contributed by atoms with Crippen LogP contribution in [0.15, 0.2) is 48.1 Å². The van der Waals surface area contributed by atoms with Crippen molar-refractivity contribution >= 4 is 17.2 Å². The van der Waals surface area contributed by atoms with Crippen molar-refractivity contribution in [3.63, 3.8) is 0 Å². The molecule has 0 unspecified atom stereocenters. The van der Waals surface area contributed by atoms with Gasteiger partial charge in [-0.25, -0.2) is 4.98 Å². The van der Waals surface area contributed by atoms with Crippen molar-refractivity contribution in [1.29, 1.82) is 0 Å². The number of aryl methyl sites for hydroxylation is 1. The lowest BCUT2D eigenvalue weighted by atomic mass is 10.1. The Morgan fingerprint density at radius 1 is 1.19 bits per heavy atom. The first-order chi connectivity index (χ1) is 12.7. The Bertz CT molecular complexity index is 927. The molecule has 0 spiro atoms. The number of carbonyl (C=O) groups excluding carboxylic acids is 1. The van der Waals surface area contributed by atoms with E-state index in [2.05, 4.69) is 9.97 Å². The Morgan fingerprint density at radius 3 is 2.81 bits per heavy atom. The molecule has 6 nitrogen and oxygen atoms in total. The van der Waals surface area contributed by atoms with Crippen molar-refractivity contribution in [3.05, 3.63) is 69.9 Å². The summed E-state index contributed by atoms with van der Waals surface area (Å²) in [5.41, 5.74) is 2.41. The lowest BCUT2D eigenvalue weighted by molar-refractivity contribution is 0.0724. The van der Waals surface area contributed by atoms with Gasteiger partial charge in [0.25, 0.3) is 5.91 Å². The van der Waals surface area contributed by atoms with E-state index in [0.717, 1.165) is 21.9 Å². The Kier molecular flexibility index (Phi) is 4.53. The fourth-order valence-electron chi connectivity index (χ4n) is 2.79. The molecule has 0 atom stereocenters. The number of rotatable bonds is 5. The molecule has 1 aliphatic heterocycles. The van der Waals surface area contributed by atoms with Crippen molar-refractivity contribution in [2.75, 3.05) is 6.79 Å². The summed E-state index contributed by atoms with van der Waals surface area (Å²) in [7, 11) is 0. The van der Waals surface area contributed by atoms with E-state index in [4.69, 9.17) is 9.47 Å². The number of fused-ring (bicyclic) bond motifs is 1. The molecule has 0 saturated carbocycles. The zero-order valence-electron chi connectivity index (χ0n) is 14.2. The topological polar surface area (TPSA) is 64.6 Å². The summed E-state index contributed by atoms with van der Waals surface area (Å²) < 4.78 is 10.8. The number of thiazole rings is 1. The van der Waals surface area contributed by atoms with Gasteiger partial charge < -0.3 is 14.4 Å². The van der Waals surface area contributed by atoms with Crippen molar-refractivity contribution in [1.82, 2.24) is 14.9 Å². The minimum Gasteiger partial charge on any atom is -0.454 e. The van der Waals surface area contributed by atoms with Crippen molar-refractivity contribution in [2.45, 2.75) is 20.0 Å². The number of amides is 1. The number of ether oxygens (including phenoxy) is 2. The second-order valence-electron chi connectivity index (χ2n) is 5.96. The van der Waals surface area contributed by atoms with Crippen LogP contribution in [0.4, 0.5) is 0 Å². The highest BCUT2D eigenvalue weighted by molar-refractivity contribution is 7.09. The van der Waals surface area contributed by atoms with Crippen molar-refractivity contribution in [2.24, 2.45) is 0 Å². The highest BCUT2D eigenvalue weighted by Crippen LogP contribution is 2.33. The molecule has 132 valence electrons. The largest absolute Gasteiger partial charge is 0.454 e. The van der Waals surface area contributed by atoms with Crippen LogP contribution >= 0.6 is 11.3 Å². The SMILES string of the molecule is Cc1nc(C(=O)N(Cc2cccnc2)Cc2ccc3c(c2)OCO3)cs1. The van der Waals surface area contributed by atoms with E-state index in [1.807, 2.05) is 37.3 Å². The predicted molar refractivity (Wildman–Crippen MR) is 97.2 cm³/mol. The Hall–Kier alpha value is -2.93. The number of carbonyl (C=O) groups is 1. The number of aromatic nitrogens is 2. The van der Waals surface area contributed by atoms with Crippen LogP contribution in [-0.2, 0) is 13.1 Å². The van der Waals surface area contributed by atoms with Crippen LogP contribution in [0, 0.1) is 6.92 Å². The average molecular weight is 367 g/mol. The highest BCUT2D eigenvalue weighted by Gasteiger charge is 2.21. The second kappa shape index (κ2) is 7.13. The van der Waals surface area contributed by atoms with Crippen LogP contribution in [0.1, 0.15) is 26.6 Å². The molecule has 0 radical (unpaired) electrons. The summed E-state index contributed by atoms with van der Waals surface area (Å²) in [6, 6.07) is 9.56. The van der Waals surface area contributed by atoms with Gasteiger partial charge in [-0.1, -0.05) is 12.1 Å². The molecule has 3 heterocycles. The van der Waals surface area contributed by atoms with E-state index in [0.29, 0.717) is 24.5 Å². The van der Waals surface area contributed by atoms with Gasteiger partial charge >= 0.3 is 0 Å². The van der Waals surface area contributed by atoms with Crippen LogP contribution in [0.3, 0.4) is 0 Å². The maximum Gasteiger partial charge on any atom is 0.273 e. The van der Waals surface area contributed by atoms with Crippen LogP contribution in [-0.4, -0.2) is 27.6 Å². The summed E-state index contributed by atoms with van der Waals surface area (Å²) in [4.78, 5) is 23.2. The Labute approximate surface area is 155 Å². The van der Waals surface area contributed by atoms with Crippen molar-refractivity contribution < 1.29 is 14.3 Å². The zero-order valence-corrected chi connectivity index (χ0v) is 15.0. The van der Waals surface area contributed by atoms with E-state index in [9.17, 15) is 4.79 Å². The van der Waals surface area contributed by atoms with Crippen LogP contribution in [0.25, 0.3) is 0 Å². The van der Waals surface area contributed by atoms with Crippen molar-refractivity contribution in [3.8, 4) is 11.5 Å². The molecule has 1 amide bonds. The molecule has 26 heavy (non-hydrogen) atoms. The molecule has 0 fully saturated rings. The lowest BCUT2D eigenvalue weighted by Crippen LogP contribution is -2.30. The van der Waals surface area contributed by atoms with Gasteiger partial charge in [-0.2, -0.15) is 0 Å². The predicted octanol–water partition coefficient (Wildman–Crippen LogP) is 3.42. The van der Waals surface area contributed by atoms with Crippen LogP contribution in [0.2, 0.25) is 0 Å². The third-order valence-electron chi connectivity index (χ3n) is 4.03. The second-order valence-corrected chi connectivity index (χ2v) is 7.02. The van der Waals surface area contributed by atoms with Gasteiger partial charge in [0, 0.05) is 30.9 Å². The van der Waals surface area contributed by atoms with Gasteiger partial charge in [0.1, 0.15) is 5.69 Å². The smallest absolute Gasteiger partial charge is 0.273 e. The average Bonchev–Trinajstić information content (AvgIpc) is 3.30. The molecule has 2 aromatic heterocycles. The zero-order chi connectivity index (χ0) is 17.9. The number of pyridine rings is 1. The quantitative estimate of drug-likeness (QED) is 0.691. The van der Waals surface area contributed by atoms with E-state index in [1.165, 1.54) is 11.3 Å². The molecule has 0 aliphatic carbocycles. The number of hydrogen-bond donors (Lipinski definition) is 0. The molecular formula is C19H17N3O3S. The molecule has 4 rings (SSSR count). The normalized spacial score (nSPS) is 12.2. The van der Waals surface area contributed by atoms with E-state index in [-0.39, 0.29) is 12.7 Å². The Balaban J connectivity index is 1.60. The molecule has 7 heteroatoms.